The van der Waals surface area contributed by atoms with E-state index < -0.39 is 0 Å². The monoisotopic (exact) mass is 283 g/mol. The molecule has 0 radical (unpaired) electrons. The van der Waals surface area contributed by atoms with Crippen molar-refractivity contribution in [2.24, 2.45) is 0 Å². The van der Waals surface area contributed by atoms with Crippen LogP contribution >= 0.6 is 15.9 Å². The lowest BCUT2D eigenvalue weighted by Gasteiger charge is -2.21. The van der Waals surface area contributed by atoms with Crippen molar-refractivity contribution in [2.45, 2.75) is 20.3 Å². The van der Waals surface area contributed by atoms with Gasteiger partial charge in [0.1, 0.15) is 0 Å². The van der Waals surface area contributed by atoms with Crippen molar-refractivity contribution in [1.29, 1.82) is 0 Å². The molecule has 0 saturated carbocycles. The van der Waals surface area contributed by atoms with Crippen LogP contribution in [-0.4, -0.2) is 29.2 Å². The van der Waals surface area contributed by atoms with Gasteiger partial charge < -0.3 is 4.90 Å². The minimum absolute atomic E-state index is 0.130. The van der Waals surface area contributed by atoms with Gasteiger partial charge in [-0.15, -0.1) is 0 Å². The molecule has 1 rings (SSSR count). The molecule has 0 aliphatic rings. The Balaban J connectivity index is 2.81. The van der Waals surface area contributed by atoms with E-state index in [4.69, 9.17) is 0 Å². The zero-order valence-electron chi connectivity index (χ0n) is 9.87. The molecular formula is C13H18BrNO. The maximum absolute atomic E-state index is 12.2. The number of alkyl halides is 1. The van der Waals surface area contributed by atoms with Crippen LogP contribution in [0, 0.1) is 6.92 Å². The average Bonchev–Trinajstić information content (AvgIpc) is 2.28. The van der Waals surface area contributed by atoms with Crippen molar-refractivity contribution >= 4 is 21.8 Å². The van der Waals surface area contributed by atoms with Crippen molar-refractivity contribution in [1.82, 2.24) is 4.90 Å². The van der Waals surface area contributed by atoms with E-state index in [1.165, 1.54) is 0 Å². The smallest absolute Gasteiger partial charge is 0.253 e. The van der Waals surface area contributed by atoms with Crippen LogP contribution in [-0.2, 0) is 0 Å². The minimum atomic E-state index is 0.130. The van der Waals surface area contributed by atoms with E-state index >= 15 is 0 Å². The first-order valence-corrected chi connectivity index (χ1v) is 6.73. The number of rotatable bonds is 5. The zero-order valence-corrected chi connectivity index (χ0v) is 11.5. The highest BCUT2D eigenvalue weighted by molar-refractivity contribution is 9.09. The molecule has 2 nitrogen and oxygen atoms in total. The number of nitrogens with zero attached hydrogens (tertiary/aromatic N) is 1. The van der Waals surface area contributed by atoms with Crippen LogP contribution in [0.2, 0.25) is 0 Å². The summed E-state index contributed by atoms with van der Waals surface area (Å²) in [6.45, 7) is 5.68. The normalized spacial score (nSPS) is 10.2. The van der Waals surface area contributed by atoms with Crippen molar-refractivity contribution in [3.05, 3.63) is 35.4 Å². The summed E-state index contributed by atoms with van der Waals surface area (Å²) in [4.78, 5) is 14.1. The van der Waals surface area contributed by atoms with Crippen LogP contribution in [0.5, 0.6) is 0 Å². The second-order valence-corrected chi connectivity index (χ2v) is 4.64. The fourth-order valence-electron chi connectivity index (χ4n) is 1.65. The summed E-state index contributed by atoms with van der Waals surface area (Å²) in [6.07, 6.45) is 0.991. The molecule has 0 bridgehead atoms. The molecule has 0 aliphatic carbocycles. The highest BCUT2D eigenvalue weighted by Crippen LogP contribution is 2.08. The van der Waals surface area contributed by atoms with Gasteiger partial charge >= 0.3 is 0 Å². The highest BCUT2D eigenvalue weighted by Gasteiger charge is 2.13. The van der Waals surface area contributed by atoms with Gasteiger partial charge in [0.25, 0.3) is 5.91 Å². The van der Waals surface area contributed by atoms with Crippen LogP contribution < -0.4 is 0 Å². The van der Waals surface area contributed by atoms with E-state index in [0.717, 1.165) is 36.0 Å². The molecule has 3 heteroatoms. The van der Waals surface area contributed by atoms with Gasteiger partial charge in [-0.05, 0) is 25.5 Å². The molecule has 16 heavy (non-hydrogen) atoms. The molecule has 1 aromatic carbocycles. The summed E-state index contributed by atoms with van der Waals surface area (Å²) in [5.74, 6) is 0.130. The summed E-state index contributed by atoms with van der Waals surface area (Å²) < 4.78 is 0. The molecule has 1 aromatic rings. The molecule has 0 atom stereocenters. The number of amides is 1. The highest BCUT2D eigenvalue weighted by atomic mass is 79.9. The molecule has 1 amide bonds. The first kappa shape index (κ1) is 13.2. The second kappa shape index (κ2) is 6.69. The predicted molar refractivity (Wildman–Crippen MR) is 71.2 cm³/mol. The fourth-order valence-corrected chi connectivity index (χ4v) is 2.08. The second-order valence-electron chi connectivity index (χ2n) is 3.85. The zero-order chi connectivity index (χ0) is 12.0. The summed E-state index contributed by atoms with van der Waals surface area (Å²) >= 11 is 3.38. The summed E-state index contributed by atoms with van der Waals surface area (Å²) in [7, 11) is 0. The molecule has 0 aromatic heterocycles. The van der Waals surface area contributed by atoms with Gasteiger partial charge in [-0.2, -0.15) is 0 Å². The van der Waals surface area contributed by atoms with Crippen molar-refractivity contribution < 1.29 is 4.79 Å². The van der Waals surface area contributed by atoms with Gasteiger partial charge in [0.05, 0.1) is 0 Å². The third kappa shape index (κ3) is 3.63. The average molecular weight is 284 g/mol. The SMILES string of the molecule is CCCN(CCBr)C(=O)c1cccc(C)c1. The lowest BCUT2D eigenvalue weighted by molar-refractivity contribution is 0.0766. The first-order chi connectivity index (χ1) is 7.69. The van der Waals surface area contributed by atoms with Gasteiger partial charge in [0.2, 0.25) is 0 Å². The first-order valence-electron chi connectivity index (χ1n) is 5.61. The molecule has 0 unspecified atom stereocenters. The van der Waals surface area contributed by atoms with Crippen LogP contribution in [0.3, 0.4) is 0 Å². The van der Waals surface area contributed by atoms with E-state index in [-0.39, 0.29) is 5.91 Å². The third-order valence-corrected chi connectivity index (χ3v) is 2.75. The lowest BCUT2D eigenvalue weighted by Crippen LogP contribution is -2.33. The van der Waals surface area contributed by atoms with Crippen molar-refractivity contribution in [3.63, 3.8) is 0 Å². The van der Waals surface area contributed by atoms with Crippen molar-refractivity contribution in [2.75, 3.05) is 18.4 Å². The van der Waals surface area contributed by atoms with Gasteiger partial charge in [-0.3, -0.25) is 4.79 Å². The fraction of sp³-hybridized carbons (Fsp3) is 0.462. The molecule has 0 spiro atoms. The third-order valence-electron chi connectivity index (χ3n) is 2.40. The Morgan fingerprint density at radius 1 is 1.38 bits per heavy atom. The number of carbonyl (C=O) groups is 1. The maximum Gasteiger partial charge on any atom is 0.253 e. The van der Waals surface area contributed by atoms with Crippen molar-refractivity contribution in [3.8, 4) is 0 Å². The Morgan fingerprint density at radius 3 is 2.69 bits per heavy atom. The molecule has 0 heterocycles. The number of hydrogen-bond acceptors (Lipinski definition) is 1. The lowest BCUT2D eigenvalue weighted by atomic mass is 10.1. The number of aryl methyl sites for hydroxylation is 1. The van der Waals surface area contributed by atoms with Crippen LogP contribution in [0.25, 0.3) is 0 Å². The molecular weight excluding hydrogens is 266 g/mol. The Labute approximate surface area is 106 Å². The largest absolute Gasteiger partial charge is 0.338 e. The van der Waals surface area contributed by atoms with Crippen LogP contribution in [0.15, 0.2) is 24.3 Å². The number of carbonyl (C=O) groups excluding carboxylic acids is 1. The number of hydrogen-bond donors (Lipinski definition) is 0. The quantitative estimate of drug-likeness (QED) is 0.760. The van der Waals surface area contributed by atoms with E-state index in [1.807, 2.05) is 36.1 Å². The van der Waals surface area contributed by atoms with Crippen LogP contribution in [0.4, 0.5) is 0 Å². The van der Waals surface area contributed by atoms with E-state index in [1.54, 1.807) is 0 Å². The molecule has 0 fully saturated rings. The number of halogens is 1. The summed E-state index contributed by atoms with van der Waals surface area (Å²) in [5.41, 5.74) is 1.91. The molecule has 0 aliphatic heterocycles. The Kier molecular flexibility index (Phi) is 5.53. The Morgan fingerprint density at radius 2 is 2.12 bits per heavy atom. The van der Waals surface area contributed by atoms with Gasteiger partial charge in [0, 0.05) is 24.0 Å². The maximum atomic E-state index is 12.2. The molecule has 0 saturated heterocycles. The van der Waals surface area contributed by atoms with Gasteiger partial charge in [-0.25, -0.2) is 0 Å². The topological polar surface area (TPSA) is 20.3 Å². The summed E-state index contributed by atoms with van der Waals surface area (Å²) in [6, 6.07) is 7.76. The standard InChI is InChI=1S/C13H18BrNO/c1-3-8-15(9-7-14)13(16)12-6-4-5-11(2)10-12/h4-6,10H,3,7-9H2,1-2H3. The predicted octanol–water partition coefficient (Wildman–Crippen LogP) is 3.24. The molecule has 88 valence electrons. The van der Waals surface area contributed by atoms with Gasteiger partial charge in [0.15, 0.2) is 0 Å². The number of benzene rings is 1. The summed E-state index contributed by atoms with van der Waals surface area (Å²) in [5, 5.41) is 0.824. The Hall–Kier alpha value is -0.830. The van der Waals surface area contributed by atoms with E-state index in [2.05, 4.69) is 22.9 Å². The van der Waals surface area contributed by atoms with E-state index in [0.29, 0.717) is 0 Å². The van der Waals surface area contributed by atoms with Crippen LogP contribution in [0.1, 0.15) is 29.3 Å². The Bertz CT molecular complexity index is 346. The van der Waals surface area contributed by atoms with Gasteiger partial charge in [-0.1, -0.05) is 40.5 Å². The van der Waals surface area contributed by atoms with E-state index in [9.17, 15) is 4.79 Å². The molecule has 0 N–H and O–H groups in total. The minimum Gasteiger partial charge on any atom is -0.338 e.